The van der Waals surface area contributed by atoms with Crippen LogP contribution in [-0.4, -0.2) is 58.7 Å². The number of rotatable bonds is 8. The quantitative estimate of drug-likeness (QED) is 0.108. The maximum atomic E-state index is 11.9. The molecule has 0 amide bonds. The van der Waals surface area contributed by atoms with Gasteiger partial charge in [0.25, 0.3) is 5.56 Å². The lowest BCUT2D eigenvalue weighted by atomic mass is 10.2. The van der Waals surface area contributed by atoms with E-state index in [1.165, 1.54) is 11.7 Å². The molecule has 30 heavy (non-hydrogen) atoms. The van der Waals surface area contributed by atoms with Gasteiger partial charge >= 0.3 is 11.7 Å². The van der Waals surface area contributed by atoms with Crippen molar-refractivity contribution in [1.29, 1.82) is 0 Å². The van der Waals surface area contributed by atoms with Gasteiger partial charge in [0.15, 0.2) is 11.6 Å². The number of fused-ring (bicyclic) bond motifs is 1. The molecule has 0 saturated heterocycles. The number of H-pyrrole nitrogens is 1. The van der Waals surface area contributed by atoms with E-state index in [2.05, 4.69) is 35.7 Å². The fraction of sp³-hybridized carbons (Fsp3) is 0.500. The third-order valence-corrected chi connectivity index (χ3v) is 3.79. The van der Waals surface area contributed by atoms with Crippen molar-refractivity contribution in [3.63, 3.8) is 0 Å². The third kappa shape index (κ3) is 7.05. The van der Waals surface area contributed by atoms with Crippen LogP contribution in [0.5, 0.6) is 0 Å². The number of ether oxygens (including phenoxy) is 1. The largest absolute Gasteiger partial charge is 0.469 e. The molecule has 2 heterocycles. The molecule has 14 heteroatoms. The molecule has 11 N–H and O–H groups in total. The van der Waals surface area contributed by atoms with Crippen LogP contribution in [0.15, 0.2) is 14.6 Å². The molecule has 2 rings (SSSR count). The van der Waals surface area contributed by atoms with Gasteiger partial charge in [-0.3, -0.25) is 24.1 Å². The number of guanidine groups is 1. The average Bonchev–Trinajstić information content (AvgIpc) is 2.70. The Morgan fingerprint density at radius 3 is 2.57 bits per heavy atom. The molecule has 166 valence electrons. The highest BCUT2D eigenvalue weighted by Gasteiger charge is 2.14. The first-order valence-corrected chi connectivity index (χ1v) is 9.14. The molecule has 0 atom stereocenters. The highest BCUT2D eigenvalue weighted by molar-refractivity contribution is 5.85. The van der Waals surface area contributed by atoms with E-state index in [9.17, 15) is 14.4 Å². The van der Waals surface area contributed by atoms with Crippen LogP contribution in [0.25, 0.3) is 11.0 Å². The van der Waals surface area contributed by atoms with Gasteiger partial charge in [-0.25, -0.2) is 4.79 Å². The first-order chi connectivity index (χ1) is 14.2. The van der Waals surface area contributed by atoms with Crippen molar-refractivity contribution in [2.45, 2.75) is 25.8 Å². The van der Waals surface area contributed by atoms with Crippen LogP contribution in [0, 0.1) is 0 Å². The van der Waals surface area contributed by atoms with Crippen LogP contribution in [0.4, 0.5) is 11.8 Å². The SMILES string of the molecule is CNc1nc2c(c(N)nc(=O)n2CC[NH3+])c(=O)[nH]1.COC(=O)CCCCN=C(N)N. The standard InChI is InChI=1S/C9H13N7O2.C7H15N3O2/c1-12-8-14-6-4(7(17)15-8)5(11)13-9(18)16(6)3-2-10;1-12-6(11)4-2-3-5-10-7(8)9/h2-3,10H2,1H3,(H2,11,13,18)(H2,12,14,15,17);2-5H2,1H3,(H4,8,9,10)/p+1. The number of carbonyl (C=O) groups excluding carboxylic acids is 1. The van der Waals surface area contributed by atoms with Crippen LogP contribution in [0.3, 0.4) is 0 Å². The Hall–Kier alpha value is -3.68. The van der Waals surface area contributed by atoms with Crippen molar-refractivity contribution in [1.82, 2.24) is 19.5 Å². The Bertz CT molecular complexity index is 994. The summed E-state index contributed by atoms with van der Waals surface area (Å²) in [5, 5.41) is 2.82. The van der Waals surface area contributed by atoms with E-state index in [4.69, 9.17) is 17.2 Å². The molecule has 0 aliphatic heterocycles. The summed E-state index contributed by atoms with van der Waals surface area (Å²) < 4.78 is 5.74. The van der Waals surface area contributed by atoms with E-state index >= 15 is 0 Å². The van der Waals surface area contributed by atoms with E-state index in [1.54, 1.807) is 7.05 Å². The number of methoxy groups -OCH3 is 1. The first kappa shape index (κ1) is 24.4. The third-order valence-electron chi connectivity index (χ3n) is 3.79. The topological polar surface area (TPSA) is 237 Å². The Morgan fingerprint density at radius 2 is 2.00 bits per heavy atom. The number of nitrogens with two attached hydrogens (primary N) is 3. The molecular weight excluding hydrogens is 396 g/mol. The van der Waals surface area contributed by atoms with E-state index in [0.717, 1.165) is 12.8 Å². The molecule has 2 aromatic rings. The van der Waals surface area contributed by atoms with Crippen LogP contribution >= 0.6 is 0 Å². The van der Waals surface area contributed by atoms with Crippen LogP contribution < -0.4 is 39.5 Å². The number of nitrogens with zero attached hydrogens (tertiary/aromatic N) is 4. The summed E-state index contributed by atoms with van der Waals surface area (Å²) in [6, 6.07) is 0. The number of nitrogen functional groups attached to an aromatic ring is 1. The second-order valence-corrected chi connectivity index (χ2v) is 5.99. The van der Waals surface area contributed by atoms with Crippen molar-refractivity contribution < 1.29 is 15.3 Å². The maximum Gasteiger partial charge on any atom is 0.351 e. The minimum absolute atomic E-state index is 0.0908. The minimum atomic E-state index is -0.538. The van der Waals surface area contributed by atoms with Crippen molar-refractivity contribution in [3.05, 3.63) is 20.8 Å². The van der Waals surface area contributed by atoms with Gasteiger partial charge in [-0.05, 0) is 12.8 Å². The first-order valence-electron chi connectivity index (χ1n) is 9.14. The van der Waals surface area contributed by atoms with Crippen molar-refractivity contribution in [2.24, 2.45) is 16.5 Å². The van der Waals surface area contributed by atoms with Crippen molar-refractivity contribution in [2.75, 3.05) is 38.3 Å². The second kappa shape index (κ2) is 12.0. The fourth-order valence-electron chi connectivity index (χ4n) is 2.37. The van der Waals surface area contributed by atoms with Gasteiger partial charge in [0, 0.05) is 20.0 Å². The van der Waals surface area contributed by atoms with Gasteiger partial charge < -0.3 is 33.0 Å². The lowest BCUT2D eigenvalue weighted by molar-refractivity contribution is -0.369. The molecule has 0 spiro atoms. The van der Waals surface area contributed by atoms with Crippen LogP contribution in [0.2, 0.25) is 0 Å². The van der Waals surface area contributed by atoms with Crippen LogP contribution in [0.1, 0.15) is 19.3 Å². The summed E-state index contributed by atoms with van der Waals surface area (Å²) in [7, 11) is 2.98. The molecule has 0 unspecified atom stereocenters. The fourth-order valence-corrected chi connectivity index (χ4v) is 2.37. The summed E-state index contributed by atoms with van der Waals surface area (Å²) in [5.74, 6) is 0.0368. The molecule has 14 nitrogen and oxygen atoms in total. The highest BCUT2D eigenvalue weighted by Crippen LogP contribution is 2.11. The van der Waals surface area contributed by atoms with E-state index in [1.807, 2.05) is 0 Å². The molecule has 0 fully saturated rings. The summed E-state index contributed by atoms with van der Waals surface area (Å²) in [5.41, 5.74) is 18.7. The number of aromatic amines is 1. The smallest absolute Gasteiger partial charge is 0.351 e. The summed E-state index contributed by atoms with van der Waals surface area (Å²) >= 11 is 0. The number of nitrogens with one attached hydrogen (secondary N) is 2. The van der Waals surface area contributed by atoms with Gasteiger partial charge in [-0.15, -0.1) is 0 Å². The zero-order valence-corrected chi connectivity index (χ0v) is 17.1. The predicted octanol–water partition coefficient (Wildman–Crippen LogP) is -3.05. The Balaban J connectivity index is 0.000000329. The Labute approximate surface area is 171 Å². The number of aromatic nitrogens is 4. The molecule has 0 aliphatic carbocycles. The number of hydrogen-bond donors (Lipinski definition) is 6. The number of aliphatic imine (C=N–C) groups is 1. The zero-order valence-electron chi connectivity index (χ0n) is 17.1. The second-order valence-electron chi connectivity index (χ2n) is 5.99. The number of quaternary nitrogens is 1. The predicted molar refractivity (Wildman–Crippen MR) is 113 cm³/mol. The van der Waals surface area contributed by atoms with Gasteiger partial charge in [0.1, 0.15) is 11.2 Å². The lowest BCUT2D eigenvalue weighted by Crippen LogP contribution is -2.53. The molecule has 0 radical (unpaired) electrons. The Morgan fingerprint density at radius 1 is 1.30 bits per heavy atom. The number of hydrogen-bond acceptors (Lipinski definition) is 9. The highest BCUT2D eigenvalue weighted by atomic mass is 16.5. The number of anilines is 2. The number of unbranched alkanes of at least 4 members (excludes halogenated alkanes) is 1. The van der Waals surface area contributed by atoms with Crippen molar-refractivity contribution in [3.8, 4) is 0 Å². The molecule has 2 aromatic heterocycles. The number of esters is 1. The normalized spacial score (nSPS) is 10.1. The van der Waals surface area contributed by atoms with Gasteiger partial charge in [0.05, 0.1) is 20.2 Å². The maximum absolute atomic E-state index is 11.9. The van der Waals surface area contributed by atoms with Gasteiger partial charge in [-0.2, -0.15) is 9.97 Å². The number of carbonyl (C=O) groups is 1. The average molecular weight is 425 g/mol. The van der Waals surface area contributed by atoms with Crippen molar-refractivity contribution >= 4 is 34.7 Å². The monoisotopic (exact) mass is 425 g/mol. The van der Waals surface area contributed by atoms with E-state index < -0.39 is 11.2 Å². The molecule has 0 aromatic carbocycles. The van der Waals surface area contributed by atoms with Crippen LogP contribution in [-0.2, 0) is 16.1 Å². The Kier molecular flexibility index (Phi) is 9.75. The summed E-state index contributed by atoms with van der Waals surface area (Å²) in [4.78, 5) is 48.2. The molecule has 0 bridgehead atoms. The summed E-state index contributed by atoms with van der Waals surface area (Å²) in [6.45, 7) is 1.37. The van der Waals surface area contributed by atoms with E-state index in [-0.39, 0.29) is 34.7 Å². The summed E-state index contributed by atoms with van der Waals surface area (Å²) in [6.07, 6.45) is 1.98. The lowest BCUT2D eigenvalue weighted by Gasteiger charge is -2.08. The molecular formula is C16H29N10O4+. The van der Waals surface area contributed by atoms with Gasteiger partial charge in [-0.1, -0.05) is 0 Å². The zero-order chi connectivity index (χ0) is 22.7. The molecule has 0 saturated carbocycles. The van der Waals surface area contributed by atoms with Gasteiger partial charge in [0.2, 0.25) is 5.95 Å². The minimum Gasteiger partial charge on any atom is -0.469 e. The van der Waals surface area contributed by atoms with E-state index in [0.29, 0.717) is 26.1 Å². The molecule has 0 aliphatic rings.